The van der Waals surface area contributed by atoms with Gasteiger partial charge in [0.25, 0.3) is 0 Å². The fraction of sp³-hybridized carbons (Fsp3) is 0.500. The van der Waals surface area contributed by atoms with Crippen molar-refractivity contribution in [1.29, 1.82) is 0 Å². The van der Waals surface area contributed by atoms with Gasteiger partial charge in [0, 0.05) is 29.4 Å². The summed E-state index contributed by atoms with van der Waals surface area (Å²) in [6.07, 6.45) is 6.69. The molecule has 5 atom stereocenters. The molecule has 30 heavy (non-hydrogen) atoms. The highest BCUT2D eigenvalue weighted by molar-refractivity contribution is 5.89. The van der Waals surface area contributed by atoms with E-state index in [1.165, 1.54) is 11.1 Å². The number of carbonyl (C=O) groups excluding carboxylic acids is 1. The lowest BCUT2D eigenvalue weighted by molar-refractivity contribution is -0.105. The van der Waals surface area contributed by atoms with Crippen LogP contribution in [0, 0.1) is 5.92 Å². The van der Waals surface area contributed by atoms with Crippen LogP contribution in [0.2, 0.25) is 0 Å². The Labute approximate surface area is 176 Å². The highest BCUT2D eigenvalue weighted by Gasteiger charge is 2.66. The molecule has 1 aromatic carbocycles. The highest BCUT2D eigenvalue weighted by atomic mass is 16.6. The van der Waals surface area contributed by atoms with Crippen molar-refractivity contribution in [3.63, 3.8) is 0 Å². The average Bonchev–Trinajstić information content (AvgIpc) is 3.13. The van der Waals surface area contributed by atoms with E-state index in [9.17, 15) is 4.79 Å². The molecule has 6 rings (SSSR count). The molecule has 1 saturated carbocycles. The molecule has 156 valence electrons. The Kier molecular flexibility index (Phi) is 3.91. The molecule has 2 aliphatic carbocycles. The Balaban J connectivity index is 1.43. The lowest BCUT2D eigenvalue weighted by Gasteiger charge is -2.58. The summed E-state index contributed by atoms with van der Waals surface area (Å²) >= 11 is 0. The molecular formula is C24H26N2O4. The minimum Gasteiger partial charge on any atom is -0.493 e. The number of methoxy groups -OCH3 is 1. The number of aromatic nitrogens is 1. The summed E-state index contributed by atoms with van der Waals surface area (Å²) < 4.78 is 18.4. The predicted octanol–water partition coefficient (Wildman–Crippen LogP) is 2.98. The predicted molar refractivity (Wildman–Crippen MR) is 110 cm³/mol. The van der Waals surface area contributed by atoms with Crippen molar-refractivity contribution >= 4 is 5.97 Å². The van der Waals surface area contributed by atoms with Crippen LogP contribution in [0.15, 0.2) is 36.7 Å². The lowest BCUT2D eigenvalue weighted by atomic mass is 9.51. The van der Waals surface area contributed by atoms with Gasteiger partial charge in [0.2, 0.25) is 0 Å². The molecule has 6 nitrogen and oxygen atoms in total. The highest BCUT2D eigenvalue weighted by Crippen LogP contribution is 2.64. The van der Waals surface area contributed by atoms with Gasteiger partial charge in [-0.1, -0.05) is 6.07 Å². The Bertz CT molecular complexity index is 1010. The zero-order chi connectivity index (χ0) is 20.5. The van der Waals surface area contributed by atoms with Crippen LogP contribution in [-0.4, -0.2) is 54.8 Å². The van der Waals surface area contributed by atoms with E-state index in [0.29, 0.717) is 17.5 Å². The molecule has 2 bridgehead atoms. The third-order valence-corrected chi connectivity index (χ3v) is 7.90. The van der Waals surface area contributed by atoms with E-state index in [1.54, 1.807) is 31.6 Å². The second kappa shape index (κ2) is 6.45. The second-order valence-electron chi connectivity index (χ2n) is 9.08. The molecule has 1 aromatic heterocycles. The molecule has 2 fully saturated rings. The van der Waals surface area contributed by atoms with Crippen LogP contribution in [0.25, 0.3) is 0 Å². The van der Waals surface area contributed by atoms with Gasteiger partial charge in [0.15, 0.2) is 11.5 Å². The number of benzene rings is 1. The first kappa shape index (κ1) is 18.2. The van der Waals surface area contributed by atoms with E-state index >= 15 is 0 Å². The Morgan fingerprint density at radius 2 is 2.20 bits per heavy atom. The normalized spacial score (nSPS) is 33.4. The van der Waals surface area contributed by atoms with Gasteiger partial charge in [-0.05, 0) is 69.0 Å². The summed E-state index contributed by atoms with van der Waals surface area (Å²) in [4.78, 5) is 19.4. The van der Waals surface area contributed by atoms with Gasteiger partial charge in [0.1, 0.15) is 12.2 Å². The molecule has 1 saturated heterocycles. The summed E-state index contributed by atoms with van der Waals surface area (Å²) in [5.41, 5.74) is 3.06. The molecule has 2 aromatic rings. The van der Waals surface area contributed by atoms with E-state index in [1.807, 2.05) is 6.07 Å². The number of nitrogens with zero attached hydrogens (tertiary/aromatic N) is 2. The molecule has 0 unspecified atom stereocenters. The molecule has 0 amide bonds. The average molecular weight is 406 g/mol. The number of carbonyl (C=O) groups is 1. The van der Waals surface area contributed by atoms with Crippen LogP contribution in [0.1, 0.15) is 40.7 Å². The lowest BCUT2D eigenvalue weighted by Crippen LogP contribution is -2.66. The van der Waals surface area contributed by atoms with Crippen LogP contribution in [0.5, 0.6) is 11.5 Å². The van der Waals surface area contributed by atoms with Crippen LogP contribution in [0.4, 0.5) is 0 Å². The van der Waals surface area contributed by atoms with Crippen LogP contribution in [0.3, 0.4) is 0 Å². The Morgan fingerprint density at radius 3 is 3.00 bits per heavy atom. The van der Waals surface area contributed by atoms with Crippen molar-refractivity contribution in [1.82, 2.24) is 9.88 Å². The van der Waals surface area contributed by atoms with Gasteiger partial charge >= 0.3 is 5.97 Å². The number of hydrogen-bond donors (Lipinski definition) is 0. The van der Waals surface area contributed by atoms with Crippen molar-refractivity contribution in [3.05, 3.63) is 53.3 Å². The maximum Gasteiger partial charge on any atom is 0.340 e. The minimum absolute atomic E-state index is 0.104. The Morgan fingerprint density at radius 1 is 1.30 bits per heavy atom. The first-order valence-corrected chi connectivity index (χ1v) is 10.8. The monoisotopic (exact) mass is 406 g/mol. The van der Waals surface area contributed by atoms with Gasteiger partial charge in [-0.15, -0.1) is 0 Å². The largest absolute Gasteiger partial charge is 0.493 e. The van der Waals surface area contributed by atoms with Crippen LogP contribution < -0.4 is 9.47 Å². The zero-order valence-electron chi connectivity index (χ0n) is 17.3. The number of rotatable bonds is 3. The van der Waals surface area contributed by atoms with E-state index in [2.05, 4.69) is 23.0 Å². The number of likely N-dealkylation sites (N-methyl/N-ethyl adjacent to an activating group) is 1. The summed E-state index contributed by atoms with van der Waals surface area (Å²) in [7, 11) is 3.94. The molecule has 4 aliphatic rings. The topological polar surface area (TPSA) is 60.9 Å². The van der Waals surface area contributed by atoms with E-state index in [4.69, 9.17) is 14.2 Å². The van der Waals surface area contributed by atoms with Gasteiger partial charge in [-0.2, -0.15) is 0 Å². The van der Waals surface area contributed by atoms with Gasteiger partial charge in [-0.25, -0.2) is 4.79 Å². The number of hydrogen-bond acceptors (Lipinski definition) is 6. The van der Waals surface area contributed by atoms with Crippen LogP contribution in [-0.2, 0) is 16.6 Å². The maximum absolute atomic E-state index is 12.8. The summed E-state index contributed by atoms with van der Waals surface area (Å²) in [6, 6.07) is 8.24. The molecule has 0 N–H and O–H groups in total. The van der Waals surface area contributed by atoms with Crippen molar-refractivity contribution in [2.24, 2.45) is 5.92 Å². The van der Waals surface area contributed by atoms with E-state index in [0.717, 1.165) is 43.7 Å². The standard InChI is InChI=1S/C24H26N2O4/c1-26-11-9-24-16-6-8-19(29-23(27)15-4-3-10-25-13-15)22(24)30-21-18(28-2)7-5-14(20(21)24)12-17(16)26/h3-5,7,10,13,16-17,19,22H,6,8-9,11-12H2,1-2H3/t16-,17+,19-,22-,24-/m0/s1. The van der Waals surface area contributed by atoms with Crippen molar-refractivity contribution in [2.75, 3.05) is 20.7 Å². The van der Waals surface area contributed by atoms with Crippen molar-refractivity contribution in [2.45, 2.75) is 49.3 Å². The number of piperidine rings is 1. The molecule has 6 heteroatoms. The maximum atomic E-state index is 12.8. The molecule has 1 spiro atoms. The number of ether oxygens (including phenoxy) is 3. The second-order valence-corrected chi connectivity index (χ2v) is 9.08. The van der Waals surface area contributed by atoms with Gasteiger partial charge < -0.3 is 19.1 Å². The van der Waals surface area contributed by atoms with E-state index < -0.39 is 0 Å². The smallest absolute Gasteiger partial charge is 0.340 e. The molecular weight excluding hydrogens is 380 g/mol. The first-order valence-electron chi connectivity index (χ1n) is 10.8. The number of esters is 1. The summed E-state index contributed by atoms with van der Waals surface area (Å²) in [6.45, 7) is 1.03. The summed E-state index contributed by atoms with van der Waals surface area (Å²) in [5, 5.41) is 0. The molecule has 2 aliphatic heterocycles. The third kappa shape index (κ3) is 2.28. The van der Waals surface area contributed by atoms with Gasteiger partial charge in [0.05, 0.1) is 12.7 Å². The van der Waals surface area contributed by atoms with Crippen LogP contribution >= 0.6 is 0 Å². The van der Waals surface area contributed by atoms with E-state index in [-0.39, 0.29) is 23.6 Å². The quantitative estimate of drug-likeness (QED) is 0.731. The Hall–Kier alpha value is -2.60. The fourth-order valence-corrected chi connectivity index (χ4v) is 6.65. The third-order valence-electron chi connectivity index (χ3n) is 7.90. The number of likely N-dealkylation sites (tertiary alicyclic amines) is 1. The molecule has 3 heterocycles. The van der Waals surface area contributed by atoms with Crippen molar-refractivity contribution < 1.29 is 19.0 Å². The zero-order valence-corrected chi connectivity index (χ0v) is 17.3. The van der Waals surface area contributed by atoms with Crippen molar-refractivity contribution in [3.8, 4) is 11.5 Å². The number of pyridine rings is 1. The first-order chi connectivity index (χ1) is 14.6. The fourth-order valence-electron chi connectivity index (χ4n) is 6.65. The SMILES string of the molecule is COc1ccc2c3c1O[C@H]1[C@@H](OC(=O)c4cccnc4)CC[C@H]4[C@@H](C2)N(C)CC[C@@]341. The minimum atomic E-state index is -0.324. The molecule has 0 radical (unpaired) electrons. The summed E-state index contributed by atoms with van der Waals surface area (Å²) in [5.74, 6) is 1.84. The van der Waals surface area contributed by atoms with Gasteiger partial charge in [-0.3, -0.25) is 4.98 Å².